The van der Waals surface area contributed by atoms with Gasteiger partial charge in [-0.2, -0.15) is 0 Å². The number of carboxylic acids is 1. The molecule has 4 N–H and O–H groups in total. The Morgan fingerprint density at radius 2 is 1.77 bits per heavy atom. The van der Waals surface area contributed by atoms with Gasteiger partial charge in [-0.05, 0) is 47.3 Å². The zero-order chi connectivity index (χ0) is 28.4. The van der Waals surface area contributed by atoms with Crippen LogP contribution in [0, 0.1) is 10.1 Å². The van der Waals surface area contributed by atoms with E-state index in [-0.39, 0.29) is 25.2 Å². The molecule has 0 spiro atoms. The van der Waals surface area contributed by atoms with Crippen LogP contribution in [0.3, 0.4) is 0 Å². The Labute approximate surface area is 224 Å². The highest BCUT2D eigenvalue weighted by molar-refractivity contribution is 6.05. The molecular weight excluding hydrogens is 520 g/mol. The lowest BCUT2D eigenvalue weighted by molar-refractivity contribution is -0.384. The van der Waals surface area contributed by atoms with Gasteiger partial charge in [0.2, 0.25) is 0 Å². The summed E-state index contributed by atoms with van der Waals surface area (Å²) in [5.41, 5.74) is 1.06. The molecule has 13 heteroatoms. The molecule has 5 rings (SSSR count). The van der Waals surface area contributed by atoms with Crippen LogP contribution in [0.2, 0.25) is 0 Å². The molecule has 0 saturated carbocycles. The van der Waals surface area contributed by atoms with Crippen LogP contribution in [0.25, 0.3) is 27.5 Å². The number of anilines is 1. The van der Waals surface area contributed by atoms with Crippen molar-refractivity contribution in [2.45, 2.75) is 19.5 Å². The highest BCUT2D eigenvalue weighted by atomic mass is 16.6. The van der Waals surface area contributed by atoms with Crippen molar-refractivity contribution in [2.24, 2.45) is 0 Å². The summed E-state index contributed by atoms with van der Waals surface area (Å²) in [7, 11) is 0. The number of aryl methyl sites for hydroxylation is 1. The second-order valence-electron chi connectivity index (χ2n) is 8.96. The van der Waals surface area contributed by atoms with Crippen molar-refractivity contribution in [1.82, 2.24) is 19.4 Å². The average molecular weight is 543 g/mol. The minimum Gasteiger partial charge on any atom is -0.481 e. The lowest BCUT2D eigenvalue weighted by atomic mass is 10.1. The van der Waals surface area contributed by atoms with E-state index in [1.165, 1.54) is 28.8 Å². The Morgan fingerprint density at radius 1 is 1.02 bits per heavy atom. The van der Waals surface area contributed by atoms with Crippen molar-refractivity contribution < 1.29 is 19.6 Å². The van der Waals surface area contributed by atoms with Crippen molar-refractivity contribution >= 4 is 45.2 Å². The SMILES string of the molecule is O=C(O)CCn1c(=O)c(=O)[nH]c2ccc3ccc(-n4ccc(CNC(=O)Nc5ccc([N+](=O)[O-])cc5)c4)cc3c21. The highest BCUT2D eigenvalue weighted by Gasteiger charge is 2.13. The average Bonchev–Trinajstić information content (AvgIpc) is 3.41. The predicted molar refractivity (Wildman–Crippen MR) is 147 cm³/mol. The van der Waals surface area contributed by atoms with Crippen molar-refractivity contribution in [3.8, 4) is 5.69 Å². The fourth-order valence-electron chi connectivity index (χ4n) is 4.39. The maximum absolute atomic E-state index is 12.6. The number of amides is 2. The van der Waals surface area contributed by atoms with Gasteiger partial charge in [0.1, 0.15) is 0 Å². The third-order valence-electron chi connectivity index (χ3n) is 6.32. The zero-order valence-corrected chi connectivity index (χ0v) is 20.8. The Balaban J connectivity index is 1.38. The standard InChI is InChI=1S/C27H22N6O7/c34-23(35)10-12-32-24-21-13-20(5-1-17(21)2-8-22(24)30-25(36)26(32)37)31-11-9-16(15-31)14-28-27(38)29-18-3-6-19(7-4-18)33(39)40/h1-9,11,13,15H,10,12,14H2,(H,30,36)(H,34,35)(H2,28,29,38). The highest BCUT2D eigenvalue weighted by Crippen LogP contribution is 2.26. The number of aromatic nitrogens is 3. The number of nitrogens with one attached hydrogen (secondary N) is 3. The molecule has 13 nitrogen and oxygen atoms in total. The Morgan fingerprint density at radius 3 is 2.50 bits per heavy atom. The van der Waals surface area contributed by atoms with Crippen molar-refractivity contribution in [2.75, 3.05) is 5.32 Å². The number of urea groups is 1. The van der Waals surface area contributed by atoms with Crippen molar-refractivity contribution in [3.05, 3.63) is 109 Å². The quantitative estimate of drug-likeness (QED) is 0.100. The minimum atomic E-state index is -1.09. The lowest BCUT2D eigenvalue weighted by Gasteiger charge is -2.13. The van der Waals surface area contributed by atoms with E-state index < -0.39 is 28.0 Å². The topological polar surface area (TPSA) is 181 Å². The van der Waals surface area contributed by atoms with E-state index in [0.717, 1.165) is 16.6 Å². The normalized spacial score (nSPS) is 11.0. The molecule has 2 heterocycles. The fraction of sp³-hybridized carbons (Fsp3) is 0.111. The van der Waals surface area contributed by atoms with Gasteiger partial charge in [0.25, 0.3) is 5.69 Å². The van der Waals surface area contributed by atoms with Gasteiger partial charge < -0.3 is 29.9 Å². The van der Waals surface area contributed by atoms with Gasteiger partial charge in [-0.1, -0.05) is 12.1 Å². The molecule has 0 radical (unpaired) electrons. The molecule has 3 aromatic carbocycles. The van der Waals surface area contributed by atoms with E-state index in [0.29, 0.717) is 22.1 Å². The number of carbonyl (C=O) groups excluding carboxylic acids is 1. The summed E-state index contributed by atoms with van der Waals surface area (Å²) in [5.74, 6) is -1.09. The third-order valence-corrected chi connectivity index (χ3v) is 6.32. The summed E-state index contributed by atoms with van der Waals surface area (Å²) in [6.45, 7) is 0.0531. The van der Waals surface area contributed by atoms with Gasteiger partial charge in [0, 0.05) is 54.4 Å². The van der Waals surface area contributed by atoms with Crippen LogP contribution >= 0.6 is 0 Å². The number of nitro groups is 1. The molecule has 40 heavy (non-hydrogen) atoms. The first-order valence-corrected chi connectivity index (χ1v) is 12.1. The number of nitrogens with zero attached hydrogens (tertiary/aromatic N) is 3. The first kappa shape index (κ1) is 25.9. The van der Waals surface area contributed by atoms with E-state index >= 15 is 0 Å². The van der Waals surface area contributed by atoms with Crippen LogP contribution in [0.15, 0.2) is 82.6 Å². The zero-order valence-electron chi connectivity index (χ0n) is 20.8. The molecule has 0 unspecified atom stereocenters. The first-order valence-electron chi connectivity index (χ1n) is 12.1. The maximum Gasteiger partial charge on any atom is 0.319 e. The number of aromatic amines is 1. The van der Waals surface area contributed by atoms with E-state index in [1.54, 1.807) is 18.3 Å². The molecule has 0 saturated heterocycles. The van der Waals surface area contributed by atoms with Crippen molar-refractivity contribution in [3.63, 3.8) is 0 Å². The van der Waals surface area contributed by atoms with E-state index in [1.807, 2.05) is 35.0 Å². The molecule has 0 aliphatic rings. The summed E-state index contributed by atoms with van der Waals surface area (Å²) in [4.78, 5) is 61.1. The monoisotopic (exact) mass is 542 g/mol. The molecule has 2 amide bonds. The fourth-order valence-corrected chi connectivity index (χ4v) is 4.39. The number of fused-ring (bicyclic) bond motifs is 3. The third kappa shape index (κ3) is 5.29. The molecular formula is C27H22N6O7. The van der Waals surface area contributed by atoms with E-state index in [2.05, 4.69) is 15.6 Å². The number of rotatable bonds is 8. The number of H-pyrrole nitrogens is 1. The number of hydrogen-bond acceptors (Lipinski definition) is 6. The smallest absolute Gasteiger partial charge is 0.319 e. The molecule has 0 aliphatic heterocycles. The molecule has 0 aliphatic carbocycles. The lowest BCUT2D eigenvalue weighted by Crippen LogP contribution is -2.36. The van der Waals surface area contributed by atoms with Crippen LogP contribution < -0.4 is 21.8 Å². The number of nitro benzene ring substituents is 1. The van der Waals surface area contributed by atoms with Crippen LogP contribution in [0.4, 0.5) is 16.2 Å². The van der Waals surface area contributed by atoms with Gasteiger partial charge in [-0.3, -0.25) is 24.5 Å². The number of hydrogen-bond donors (Lipinski definition) is 4. The molecule has 2 aromatic heterocycles. The van der Waals surface area contributed by atoms with E-state index in [4.69, 9.17) is 5.11 Å². The van der Waals surface area contributed by atoms with Crippen LogP contribution in [-0.4, -0.2) is 36.1 Å². The van der Waals surface area contributed by atoms with Gasteiger partial charge in [0.15, 0.2) is 0 Å². The number of benzene rings is 3. The number of non-ortho nitro benzene ring substituents is 1. The van der Waals surface area contributed by atoms with Crippen molar-refractivity contribution in [1.29, 1.82) is 0 Å². The predicted octanol–water partition coefficient (Wildman–Crippen LogP) is 3.34. The first-order chi connectivity index (χ1) is 19.2. The molecule has 0 bridgehead atoms. The maximum atomic E-state index is 12.6. The Bertz CT molecular complexity index is 1900. The summed E-state index contributed by atoms with van der Waals surface area (Å²) >= 11 is 0. The van der Waals surface area contributed by atoms with Crippen LogP contribution in [0.1, 0.15) is 12.0 Å². The molecule has 5 aromatic rings. The number of carbonyl (C=O) groups is 2. The Kier molecular flexibility index (Phi) is 6.85. The molecule has 202 valence electrons. The van der Waals surface area contributed by atoms with Crippen LogP contribution in [0.5, 0.6) is 0 Å². The van der Waals surface area contributed by atoms with Crippen LogP contribution in [-0.2, 0) is 17.9 Å². The minimum absolute atomic E-state index is 0.0779. The summed E-state index contributed by atoms with van der Waals surface area (Å²) in [6.07, 6.45) is 3.30. The van der Waals surface area contributed by atoms with Gasteiger partial charge in [0.05, 0.1) is 22.4 Å². The van der Waals surface area contributed by atoms with Gasteiger partial charge in [-0.25, -0.2) is 4.79 Å². The molecule has 0 fully saturated rings. The van der Waals surface area contributed by atoms with Gasteiger partial charge in [-0.15, -0.1) is 0 Å². The summed E-state index contributed by atoms with van der Waals surface area (Å²) in [5, 5.41) is 26.7. The molecule has 0 atom stereocenters. The number of aliphatic carboxylic acids is 1. The second kappa shape index (κ2) is 10.6. The summed E-state index contributed by atoms with van der Waals surface area (Å²) < 4.78 is 3.03. The number of carboxylic acid groups (broad SMARTS) is 1. The summed E-state index contributed by atoms with van der Waals surface area (Å²) in [6, 6.07) is 15.9. The van der Waals surface area contributed by atoms with Gasteiger partial charge >= 0.3 is 23.1 Å². The van der Waals surface area contributed by atoms with E-state index in [9.17, 15) is 29.3 Å². The largest absolute Gasteiger partial charge is 0.481 e. The Hall–Kier alpha value is -5.72. The second-order valence-corrected chi connectivity index (χ2v) is 8.96.